The Morgan fingerprint density at radius 1 is 1.24 bits per heavy atom. The summed E-state index contributed by atoms with van der Waals surface area (Å²) in [5.74, 6) is 0.310. The van der Waals surface area contributed by atoms with Crippen LogP contribution in [0, 0.1) is 16.0 Å². The fourth-order valence-corrected chi connectivity index (χ4v) is 3.29. The van der Waals surface area contributed by atoms with E-state index in [1.54, 1.807) is 12.1 Å². The van der Waals surface area contributed by atoms with Crippen molar-refractivity contribution in [2.24, 2.45) is 5.92 Å². The topological polar surface area (TPSA) is 69.9 Å². The van der Waals surface area contributed by atoms with E-state index < -0.39 is 6.23 Å². The first kappa shape index (κ1) is 14.4. The largest absolute Gasteiger partial charge is 0.377 e. The van der Waals surface area contributed by atoms with Crippen molar-refractivity contribution in [1.29, 1.82) is 0 Å². The lowest BCUT2D eigenvalue weighted by molar-refractivity contribution is -0.384. The van der Waals surface area contributed by atoms with Crippen LogP contribution >= 0.6 is 0 Å². The first-order valence-electron chi connectivity index (χ1n) is 7.53. The van der Waals surface area contributed by atoms with Crippen molar-refractivity contribution in [1.82, 2.24) is 10.0 Å². The van der Waals surface area contributed by atoms with Crippen LogP contribution in [0.3, 0.4) is 0 Å². The summed E-state index contributed by atoms with van der Waals surface area (Å²) in [5.41, 5.74) is 1.21. The van der Waals surface area contributed by atoms with Crippen LogP contribution in [0.4, 0.5) is 5.69 Å². The standard InChI is InChI=1S/C15H21N3O3/c1-11-10-17(15(11)19)16-9-3-2-4-14(16)12-5-7-13(8-6-12)18(20)21/h5-8,11,14-15,19H,2-4,9-10H2,1H3. The molecule has 3 rings (SSSR count). The monoisotopic (exact) mass is 291 g/mol. The summed E-state index contributed by atoms with van der Waals surface area (Å²) in [4.78, 5) is 10.4. The second-order valence-corrected chi connectivity index (χ2v) is 6.04. The van der Waals surface area contributed by atoms with E-state index in [1.165, 1.54) is 0 Å². The van der Waals surface area contributed by atoms with E-state index in [1.807, 2.05) is 24.1 Å². The molecule has 0 bridgehead atoms. The Kier molecular flexibility index (Phi) is 3.93. The lowest BCUT2D eigenvalue weighted by Gasteiger charge is -2.53. The highest BCUT2D eigenvalue weighted by atomic mass is 16.6. The summed E-state index contributed by atoms with van der Waals surface area (Å²) >= 11 is 0. The Labute approximate surface area is 124 Å². The van der Waals surface area contributed by atoms with Gasteiger partial charge < -0.3 is 5.11 Å². The molecule has 0 spiro atoms. The number of nitrogens with zero attached hydrogens (tertiary/aromatic N) is 3. The van der Waals surface area contributed by atoms with E-state index in [2.05, 4.69) is 5.01 Å². The minimum absolute atomic E-state index is 0.124. The lowest BCUT2D eigenvalue weighted by Crippen LogP contribution is -2.63. The number of aliphatic hydroxyl groups excluding tert-OH is 1. The Balaban J connectivity index is 1.79. The number of hydrazine groups is 1. The van der Waals surface area contributed by atoms with Crippen LogP contribution in [-0.2, 0) is 0 Å². The van der Waals surface area contributed by atoms with E-state index in [4.69, 9.17) is 0 Å². The molecule has 0 saturated carbocycles. The quantitative estimate of drug-likeness (QED) is 0.683. The van der Waals surface area contributed by atoms with Gasteiger partial charge in [-0.3, -0.25) is 10.1 Å². The van der Waals surface area contributed by atoms with Crippen LogP contribution in [0.1, 0.15) is 37.8 Å². The zero-order valence-corrected chi connectivity index (χ0v) is 12.2. The van der Waals surface area contributed by atoms with Gasteiger partial charge in [-0.2, -0.15) is 0 Å². The molecule has 3 unspecified atom stereocenters. The predicted octanol–water partition coefficient (Wildman–Crippen LogP) is 2.31. The molecule has 2 heterocycles. The van der Waals surface area contributed by atoms with Gasteiger partial charge in [-0.05, 0) is 18.4 Å². The van der Waals surface area contributed by atoms with E-state index in [9.17, 15) is 15.2 Å². The van der Waals surface area contributed by atoms with Crippen LogP contribution in [0.15, 0.2) is 24.3 Å². The SMILES string of the molecule is CC1CN(N2CCCCC2c2ccc([N+](=O)[O-])cc2)C1O. The minimum Gasteiger partial charge on any atom is -0.377 e. The molecule has 1 N–H and O–H groups in total. The van der Waals surface area contributed by atoms with Gasteiger partial charge in [0.05, 0.1) is 4.92 Å². The molecule has 21 heavy (non-hydrogen) atoms. The van der Waals surface area contributed by atoms with Crippen molar-refractivity contribution in [3.05, 3.63) is 39.9 Å². The first-order valence-corrected chi connectivity index (χ1v) is 7.53. The molecule has 0 radical (unpaired) electrons. The summed E-state index contributed by atoms with van der Waals surface area (Å²) in [6, 6.07) is 7.03. The molecular formula is C15H21N3O3. The lowest BCUT2D eigenvalue weighted by atomic mass is 9.94. The molecule has 1 aromatic rings. The predicted molar refractivity (Wildman–Crippen MR) is 78.3 cm³/mol. The van der Waals surface area contributed by atoms with Gasteiger partial charge in [0.25, 0.3) is 5.69 Å². The molecule has 6 heteroatoms. The Morgan fingerprint density at radius 3 is 2.52 bits per heavy atom. The maximum absolute atomic E-state index is 10.7. The number of hydrogen-bond donors (Lipinski definition) is 1. The smallest absolute Gasteiger partial charge is 0.269 e. The summed E-state index contributed by atoms with van der Waals surface area (Å²) in [5, 5.41) is 25.1. The number of rotatable bonds is 3. The van der Waals surface area contributed by atoms with E-state index in [-0.39, 0.29) is 16.7 Å². The normalized spacial score (nSPS) is 30.9. The zero-order chi connectivity index (χ0) is 15.0. The van der Waals surface area contributed by atoms with Gasteiger partial charge >= 0.3 is 0 Å². The maximum Gasteiger partial charge on any atom is 0.269 e. The third-order valence-electron chi connectivity index (χ3n) is 4.58. The van der Waals surface area contributed by atoms with Crippen LogP contribution in [0.2, 0.25) is 0 Å². The average molecular weight is 291 g/mol. The molecule has 0 aliphatic carbocycles. The number of piperidine rings is 1. The molecule has 114 valence electrons. The third kappa shape index (κ3) is 2.66. The van der Waals surface area contributed by atoms with Crippen molar-refractivity contribution in [2.75, 3.05) is 13.1 Å². The van der Waals surface area contributed by atoms with Crippen LogP contribution < -0.4 is 0 Å². The second-order valence-electron chi connectivity index (χ2n) is 6.04. The van der Waals surface area contributed by atoms with Crippen molar-refractivity contribution in [2.45, 2.75) is 38.5 Å². The number of non-ortho nitro benzene ring substituents is 1. The summed E-state index contributed by atoms with van der Waals surface area (Å²) in [6.45, 7) is 3.86. The zero-order valence-electron chi connectivity index (χ0n) is 12.2. The highest BCUT2D eigenvalue weighted by Crippen LogP contribution is 2.37. The Morgan fingerprint density at radius 2 is 1.95 bits per heavy atom. The van der Waals surface area contributed by atoms with Crippen LogP contribution in [0.5, 0.6) is 0 Å². The molecule has 6 nitrogen and oxygen atoms in total. The highest BCUT2D eigenvalue weighted by molar-refractivity contribution is 5.34. The Hall–Kier alpha value is -1.50. The number of nitro benzene ring substituents is 1. The van der Waals surface area contributed by atoms with Gasteiger partial charge in [0.1, 0.15) is 6.23 Å². The van der Waals surface area contributed by atoms with Gasteiger partial charge in [-0.15, -0.1) is 0 Å². The highest BCUT2D eigenvalue weighted by Gasteiger charge is 2.41. The molecule has 3 atom stereocenters. The van der Waals surface area contributed by atoms with E-state index in [0.29, 0.717) is 5.92 Å². The molecular weight excluding hydrogens is 270 g/mol. The van der Waals surface area contributed by atoms with Gasteiger partial charge in [0.15, 0.2) is 0 Å². The minimum atomic E-state index is -0.399. The van der Waals surface area contributed by atoms with Crippen molar-refractivity contribution in [3.63, 3.8) is 0 Å². The van der Waals surface area contributed by atoms with E-state index in [0.717, 1.165) is 37.9 Å². The van der Waals surface area contributed by atoms with Crippen LogP contribution in [-0.4, -0.2) is 39.4 Å². The van der Waals surface area contributed by atoms with Crippen molar-refractivity contribution >= 4 is 5.69 Å². The average Bonchev–Trinajstić information content (AvgIpc) is 2.52. The molecule has 2 aliphatic rings. The number of hydrogen-bond acceptors (Lipinski definition) is 5. The van der Waals surface area contributed by atoms with Gasteiger partial charge in [0, 0.05) is 37.2 Å². The number of aliphatic hydroxyl groups is 1. The molecule has 1 aromatic carbocycles. The first-order chi connectivity index (χ1) is 10.1. The van der Waals surface area contributed by atoms with Crippen molar-refractivity contribution < 1.29 is 10.0 Å². The van der Waals surface area contributed by atoms with Gasteiger partial charge in [-0.25, -0.2) is 10.0 Å². The van der Waals surface area contributed by atoms with Crippen molar-refractivity contribution in [3.8, 4) is 0 Å². The fourth-order valence-electron chi connectivity index (χ4n) is 3.29. The summed E-state index contributed by atoms with van der Waals surface area (Å²) in [7, 11) is 0. The molecule has 0 aromatic heterocycles. The summed E-state index contributed by atoms with van der Waals surface area (Å²) < 4.78 is 0. The van der Waals surface area contributed by atoms with Gasteiger partial charge in [-0.1, -0.05) is 25.5 Å². The fraction of sp³-hybridized carbons (Fsp3) is 0.600. The number of nitro groups is 1. The third-order valence-corrected chi connectivity index (χ3v) is 4.58. The Bertz CT molecular complexity index is 519. The summed E-state index contributed by atoms with van der Waals surface area (Å²) in [6.07, 6.45) is 2.90. The van der Waals surface area contributed by atoms with Gasteiger partial charge in [0.2, 0.25) is 0 Å². The van der Waals surface area contributed by atoms with E-state index >= 15 is 0 Å². The number of benzene rings is 1. The second kappa shape index (κ2) is 5.71. The molecule has 0 amide bonds. The molecule has 2 aliphatic heterocycles. The van der Waals surface area contributed by atoms with Crippen LogP contribution in [0.25, 0.3) is 0 Å². The maximum atomic E-state index is 10.7. The molecule has 2 saturated heterocycles. The molecule has 2 fully saturated rings.